The molecule has 0 spiro atoms. The van der Waals surface area contributed by atoms with Gasteiger partial charge in [0.05, 0.1) is 16.6 Å². The Bertz CT molecular complexity index is 737. The molecule has 0 bridgehead atoms. The van der Waals surface area contributed by atoms with Gasteiger partial charge in [-0.05, 0) is 36.8 Å². The van der Waals surface area contributed by atoms with Crippen molar-refractivity contribution in [1.82, 2.24) is 0 Å². The summed E-state index contributed by atoms with van der Waals surface area (Å²) < 4.78 is 5.60. The maximum Gasteiger partial charge on any atom is 0.335 e. The second kappa shape index (κ2) is 5.90. The molecule has 0 amide bonds. The summed E-state index contributed by atoms with van der Waals surface area (Å²) in [5.74, 6) is 5.70. The number of nitrogens with zero attached hydrogens (tertiary/aromatic N) is 2. The summed E-state index contributed by atoms with van der Waals surface area (Å²) >= 11 is 0. The van der Waals surface area contributed by atoms with E-state index in [-0.39, 0.29) is 17.1 Å². The second-order valence-corrected chi connectivity index (χ2v) is 4.25. The van der Waals surface area contributed by atoms with Crippen LogP contribution in [-0.4, -0.2) is 4.92 Å². The van der Waals surface area contributed by atoms with Gasteiger partial charge in [0.15, 0.2) is 0 Å². The molecule has 0 saturated heterocycles. The van der Waals surface area contributed by atoms with Crippen LogP contribution in [0.4, 0.5) is 11.4 Å². The van der Waals surface area contributed by atoms with Crippen LogP contribution < -0.4 is 16.0 Å². The number of nitrogens with one attached hydrogen (secondary N) is 1. The number of ether oxygens (including phenoxy) is 1. The van der Waals surface area contributed by atoms with Crippen LogP contribution in [0.5, 0.6) is 11.5 Å². The lowest BCUT2D eigenvalue weighted by atomic mass is 10.1. The number of nitro benzene ring substituents is 1. The molecule has 0 heterocycles. The van der Waals surface area contributed by atoms with Crippen LogP contribution >= 0.6 is 0 Å². The number of hydrazine groups is 1. The summed E-state index contributed by atoms with van der Waals surface area (Å²) in [7, 11) is 0. The van der Waals surface area contributed by atoms with E-state index in [1.165, 1.54) is 18.2 Å². The highest BCUT2D eigenvalue weighted by Crippen LogP contribution is 2.37. The van der Waals surface area contributed by atoms with Crippen molar-refractivity contribution in [3.8, 4) is 17.6 Å². The Morgan fingerprint density at radius 2 is 2.10 bits per heavy atom. The first-order chi connectivity index (χ1) is 10.1. The molecular weight excluding hydrogens is 272 g/mol. The molecule has 0 aromatic heterocycles. The lowest BCUT2D eigenvalue weighted by Gasteiger charge is -2.11. The Hall–Kier alpha value is -3.11. The number of nitro groups is 1. The van der Waals surface area contributed by atoms with E-state index >= 15 is 0 Å². The van der Waals surface area contributed by atoms with Crippen molar-refractivity contribution in [3.63, 3.8) is 0 Å². The molecule has 0 unspecified atom stereocenters. The van der Waals surface area contributed by atoms with Gasteiger partial charge in [-0.25, -0.2) is 0 Å². The van der Waals surface area contributed by atoms with Gasteiger partial charge in [0.2, 0.25) is 5.75 Å². The maximum absolute atomic E-state index is 11.2. The van der Waals surface area contributed by atoms with Gasteiger partial charge in [-0.3, -0.25) is 16.0 Å². The Morgan fingerprint density at radius 3 is 2.71 bits per heavy atom. The molecule has 0 aliphatic carbocycles. The molecule has 106 valence electrons. The van der Waals surface area contributed by atoms with Crippen molar-refractivity contribution < 1.29 is 9.66 Å². The Labute approximate surface area is 120 Å². The Kier molecular flexibility index (Phi) is 4.02. The number of nitrogens with two attached hydrogens (primary N) is 1. The molecule has 0 aliphatic heterocycles. The fourth-order valence-corrected chi connectivity index (χ4v) is 1.81. The highest BCUT2D eigenvalue weighted by atomic mass is 16.6. The van der Waals surface area contributed by atoms with Gasteiger partial charge in [0.1, 0.15) is 11.4 Å². The van der Waals surface area contributed by atoms with E-state index in [4.69, 9.17) is 15.8 Å². The van der Waals surface area contributed by atoms with Crippen LogP contribution in [-0.2, 0) is 0 Å². The molecule has 21 heavy (non-hydrogen) atoms. The molecule has 7 heteroatoms. The normalized spacial score (nSPS) is 9.76. The smallest absolute Gasteiger partial charge is 0.335 e. The molecule has 2 rings (SSSR count). The average Bonchev–Trinajstić information content (AvgIpc) is 2.48. The molecule has 0 radical (unpaired) electrons. The number of benzene rings is 2. The number of rotatable bonds is 4. The minimum absolute atomic E-state index is 0.0497. The summed E-state index contributed by atoms with van der Waals surface area (Å²) in [6.07, 6.45) is 0. The lowest BCUT2D eigenvalue weighted by molar-refractivity contribution is -0.384. The van der Waals surface area contributed by atoms with E-state index in [1.54, 1.807) is 25.1 Å². The minimum atomic E-state index is -0.575. The van der Waals surface area contributed by atoms with Crippen molar-refractivity contribution in [2.24, 2.45) is 5.84 Å². The summed E-state index contributed by atoms with van der Waals surface area (Å²) in [5.41, 5.74) is 3.32. The van der Waals surface area contributed by atoms with Crippen molar-refractivity contribution in [2.75, 3.05) is 5.43 Å². The van der Waals surface area contributed by atoms with E-state index in [9.17, 15) is 10.1 Å². The molecule has 7 nitrogen and oxygen atoms in total. The van der Waals surface area contributed by atoms with Gasteiger partial charge in [-0.2, -0.15) is 5.26 Å². The van der Waals surface area contributed by atoms with Crippen molar-refractivity contribution >= 4 is 11.4 Å². The molecule has 0 atom stereocenters. The van der Waals surface area contributed by atoms with Crippen LogP contribution in [0.25, 0.3) is 0 Å². The fourth-order valence-electron chi connectivity index (χ4n) is 1.81. The van der Waals surface area contributed by atoms with Gasteiger partial charge in [0, 0.05) is 0 Å². The quantitative estimate of drug-likeness (QED) is 0.507. The summed E-state index contributed by atoms with van der Waals surface area (Å²) in [4.78, 5) is 10.6. The zero-order valence-electron chi connectivity index (χ0n) is 11.2. The van der Waals surface area contributed by atoms with Crippen LogP contribution in [0, 0.1) is 28.4 Å². The molecule has 2 aromatic rings. The third-order valence-corrected chi connectivity index (χ3v) is 2.87. The van der Waals surface area contributed by atoms with Gasteiger partial charge in [-0.15, -0.1) is 0 Å². The zero-order chi connectivity index (χ0) is 15.4. The molecule has 3 N–H and O–H groups in total. The largest absolute Gasteiger partial charge is 0.450 e. The van der Waals surface area contributed by atoms with E-state index in [1.807, 2.05) is 6.07 Å². The van der Waals surface area contributed by atoms with Gasteiger partial charge >= 0.3 is 5.69 Å². The predicted molar refractivity (Wildman–Crippen MR) is 76.9 cm³/mol. The number of para-hydroxylation sites is 1. The summed E-state index contributed by atoms with van der Waals surface area (Å²) in [6, 6.07) is 11.4. The highest BCUT2D eigenvalue weighted by Gasteiger charge is 2.21. The third kappa shape index (κ3) is 2.91. The lowest BCUT2D eigenvalue weighted by Crippen LogP contribution is -2.09. The van der Waals surface area contributed by atoms with Crippen molar-refractivity contribution in [1.29, 1.82) is 5.26 Å². The fraction of sp³-hybridized carbons (Fsp3) is 0.0714. The summed E-state index contributed by atoms with van der Waals surface area (Å²) in [6.45, 7) is 1.79. The average molecular weight is 284 g/mol. The Morgan fingerprint density at radius 1 is 1.33 bits per heavy atom. The first-order valence-corrected chi connectivity index (χ1v) is 5.99. The van der Waals surface area contributed by atoms with Gasteiger partial charge < -0.3 is 10.2 Å². The molecule has 0 aliphatic rings. The molecular formula is C14H12N4O3. The number of hydrogen-bond acceptors (Lipinski definition) is 6. The van der Waals surface area contributed by atoms with E-state index in [2.05, 4.69) is 5.43 Å². The van der Waals surface area contributed by atoms with E-state index in [0.29, 0.717) is 11.3 Å². The Balaban J connectivity index is 2.50. The van der Waals surface area contributed by atoms with E-state index < -0.39 is 4.92 Å². The summed E-state index contributed by atoms with van der Waals surface area (Å²) in [5, 5.41) is 20.1. The van der Waals surface area contributed by atoms with Crippen LogP contribution in [0.15, 0.2) is 36.4 Å². The van der Waals surface area contributed by atoms with Crippen LogP contribution in [0.1, 0.15) is 11.1 Å². The maximum atomic E-state index is 11.2. The highest BCUT2D eigenvalue weighted by molar-refractivity contribution is 5.68. The predicted octanol–water partition coefficient (Wildman–Crippen LogP) is 2.85. The molecule has 0 fully saturated rings. The monoisotopic (exact) mass is 284 g/mol. The molecule has 2 aromatic carbocycles. The standard InChI is InChI=1S/C14H12N4O3/c1-9-5-6-10(8-15)7-13(9)21-12-4-2-3-11(17-16)14(12)18(19)20/h2-7,17H,16H2,1H3. The second-order valence-electron chi connectivity index (χ2n) is 4.25. The third-order valence-electron chi connectivity index (χ3n) is 2.87. The first kappa shape index (κ1) is 14.3. The van der Waals surface area contributed by atoms with Crippen LogP contribution in [0.2, 0.25) is 0 Å². The van der Waals surface area contributed by atoms with Crippen molar-refractivity contribution in [3.05, 3.63) is 57.6 Å². The SMILES string of the molecule is Cc1ccc(C#N)cc1Oc1cccc(NN)c1[N+](=O)[O-]. The van der Waals surface area contributed by atoms with Crippen LogP contribution in [0.3, 0.4) is 0 Å². The van der Waals surface area contributed by atoms with Gasteiger partial charge in [-0.1, -0.05) is 12.1 Å². The first-order valence-electron chi connectivity index (χ1n) is 5.99. The molecule has 0 saturated carbocycles. The van der Waals surface area contributed by atoms with Gasteiger partial charge in [0.25, 0.3) is 0 Å². The number of hydrogen-bond donors (Lipinski definition) is 2. The number of nitriles is 1. The van der Waals surface area contributed by atoms with Crippen molar-refractivity contribution in [2.45, 2.75) is 6.92 Å². The zero-order valence-corrected chi connectivity index (χ0v) is 11.2. The number of aryl methyl sites for hydroxylation is 1. The topological polar surface area (TPSA) is 114 Å². The van der Waals surface area contributed by atoms with E-state index in [0.717, 1.165) is 5.56 Å². The minimum Gasteiger partial charge on any atom is -0.450 e. The number of nitrogen functional groups attached to an aromatic ring is 1. The number of anilines is 1.